The smallest absolute Gasteiger partial charge is 0.305 e. The summed E-state index contributed by atoms with van der Waals surface area (Å²) in [5, 5.41) is 13.9. The number of rotatable bonds is 8. The lowest BCUT2D eigenvalue weighted by Gasteiger charge is -2.15. The number of aliphatic carboxylic acids is 1. The molecule has 2 aromatic rings. The molecular formula is C22H23N3O5. The Balaban J connectivity index is 1.50. The van der Waals surface area contributed by atoms with Crippen LogP contribution in [-0.4, -0.2) is 41.9 Å². The van der Waals surface area contributed by atoms with Crippen LogP contribution in [0.1, 0.15) is 35.2 Å². The summed E-state index contributed by atoms with van der Waals surface area (Å²) in [6.45, 7) is 0.781. The zero-order valence-electron chi connectivity index (χ0n) is 16.4. The third-order valence-corrected chi connectivity index (χ3v) is 4.74. The summed E-state index contributed by atoms with van der Waals surface area (Å²) < 4.78 is 0. The van der Waals surface area contributed by atoms with Gasteiger partial charge in [-0.05, 0) is 48.4 Å². The van der Waals surface area contributed by atoms with Crippen LogP contribution in [0.15, 0.2) is 48.5 Å². The summed E-state index contributed by atoms with van der Waals surface area (Å²) in [6, 6.07) is 13.7. The van der Waals surface area contributed by atoms with E-state index in [0.717, 1.165) is 24.2 Å². The summed E-state index contributed by atoms with van der Waals surface area (Å²) in [6.07, 6.45) is 1.49. The molecule has 156 valence electrons. The summed E-state index contributed by atoms with van der Waals surface area (Å²) in [4.78, 5) is 48.2. The van der Waals surface area contributed by atoms with E-state index in [2.05, 4.69) is 10.6 Å². The van der Waals surface area contributed by atoms with Crippen LogP contribution in [0.5, 0.6) is 0 Å². The maximum absolute atomic E-state index is 12.3. The Morgan fingerprint density at radius 2 is 1.70 bits per heavy atom. The molecule has 8 nitrogen and oxygen atoms in total. The van der Waals surface area contributed by atoms with Crippen molar-refractivity contribution in [1.29, 1.82) is 0 Å². The van der Waals surface area contributed by atoms with Crippen molar-refractivity contribution in [3.05, 3.63) is 59.7 Å². The van der Waals surface area contributed by atoms with Gasteiger partial charge in [0.1, 0.15) is 0 Å². The van der Waals surface area contributed by atoms with E-state index >= 15 is 0 Å². The van der Waals surface area contributed by atoms with Crippen LogP contribution in [-0.2, 0) is 20.8 Å². The molecule has 0 saturated carbocycles. The van der Waals surface area contributed by atoms with Gasteiger partial charge < -0.3 is 20.6 Å². The van der Waals surface area contributed by atoms with E-state index in [-0.39, 0.29) is 37.1 Å². The standard InChI is InChI=1S/C22H23N3O5/c26-19(14-15-3-9-18(10-4-15)25-13-1-2-20(25)27)24-17-7-5-16(6-8-17)22(30)23-12-11-21(28)29/h3-10H,1-2,11-14H2,(H,23,30)(H,24,26)(H,28,29). The second-order valence-corrected chi connectivity index (χ2v) is 7.02. The average molecular weight is 409 g/mol. The minimum atomic E-state index is -0.979. The minimum absolute atomic E-state index is 0.0529. The van der Waals surface area contributed by atoms with Crippen molar-refractivity contribution in [2.24, 2.45) is 0 Å². The summed E-state index contributed by atoms with van der Waals surface area (Å²) >= 11 is 0. The number of benzene rings is 2. The molecule has 0 aliphatic carbocycles. The molecule has 1 aliphatic rings. The number of hydrogen-bond acceptors (Lipinski definition) is 4. The molecule has 0 radical (unpaired) electrons. The van der Waals surface area contributed by atoms with Crippen molar-refractivity contribution < 1.29 is 24.3 Å². The first-order valence-corrected chi connectivity index (χ1v) is 9.71. The van der Waals surface area contributed by atoms with Gasteiger partial charge in [-0.25, -0.2) is 0 Å². The lowest BCUT2D eigenvalue weighted by molar-refractivity contribution is -0.136. The van der Waals surface area contributed by atoms with Gasteiger partial charge in [0.05, 0.1) is 12.8 Å². The number of nitrogens with zero attached hydrogens (tertiary/aromatic N) is 1. The molecule has 8 heteroatoms. The van der Waals surface area contributed by atoms with Crippen LogP contribution in [0.25, 0.3) is 0 Å². The van der Waals surface area contributed by atoms with Gasteiger partial charge in [-0.1, -0.05) is 12.1 Å². The molecule has 1 fully saturated rings. The SMILES string of the molecule is O=C(O)CCNC(=O)c1ccc(NC(=O)Cc2ccc(N3CCCC3=O)cc2)cc1. The largest absolute Gasteiger partial charge is 0.481 e. The fourth-order valence-corrected chi connectivity index (χ4v) is 3.20. The van der Waals surface area contributed by atoms with E-state index < -0.39 is 5.97 Å². The van der Waals surface area contributed by atoms with Crippen molar-refractivity contribution in [1.82, 2.24) is 5.32 Å². The maximum atomic E-state index is 12.3. The quantitative estimate of drug-likeness (QED) is 0.618. The highest BCUT2D eigenvalue weighted by atomic mass is 16.4. The summed E-state index contributed by atoms with van der Waals surface area (Å²) in [5.74, 6) is -1.42. The Labute approximate surface area is 173 Å². The molecule has 0 atom stereocenters. The van der Waals surface area contributed by atoms with Crippen molar-refractivity contribution in [3.63, 3.8) is 0 Å². The van der Waals surface area contributed by atoms with Gasteiger partial charge in [0.2, 0.25) is 11.8 Å². The molecule has 0 unspecified atom stereocenters. The Morgan fingerprint density at radius 1 is 1.00 bits per heavy atom. The number of carbonyl (C=O) groups excluding carboxylic acids is 3. The van der Waals surface area contributed by atoms with E-state index in [1.165, 1.54) is 0 Å². The van der Waals surface area contributed by atoms with Gasteiger partial charge in [0, 0.05) is 36.4 Å². The molecule has 3 rings (SSSR count). The van der Waals surface area contributed by atoms with Crippen LogP contribution in [0, 0.1) is 0 Å². The van der Waals surface area contributed by atoms with Crippen molar-refractivity contribution in [3.8, 4) is 0 Å². The first kappa shape index (κ1) is 21.0. The van der Waals surface area contributed by atoms with Crippen LogP contribution >= 0.6 is 0 Å². The molecule has 1 saturated heterocycles. The van der Waals surface area contributed by atoms with Crippen molar-refractivity contribution in [2.75, 3.05) is 23.3 Å². The zero-order chi connectivity index (χ0) is 21.5. The molecule has 2 aromatic carbocycles. The van der Waals surface area contributed by atoms with E-state index in [4.69, 9.17) is 5.11 Å². The highest BCUT2D eigenvalue weighted by molar-refractivity contribution is 5.97. The summed E-state index contributed by atoms with van der Waals surface area (Å²) in [7, 11) is 0. The van der Waals surface area contributed by atoms with Gasteiger partial charge in [-0.15, -0.1) is 0 Å². The first-order valence-electron chi connectivity index (χ1n) is 9.71. The minimum Gasteiger partial charge on any atom is -0.481 e. The number of amides is 3. The number of hydrogen-bond donors (Lipinski definition) is 3. The molecule has 1 aliphatic heterocycles. The number of carboxylic acid groups (broad SMARTS) is 1. The molecule has 0 aromatic heterocycles. The fourth-order valence-electron chi connectivity index (χ4n) is 3.20. The van der Waals surface area contributed by atoms with Crippen LogP contribution in [0.4, 0.5) is 11.4 Å². The molecule has 30 heavy (non-hydrogen) atoms. The Hall–Kier alpha value is -3.68. The maximum Gasteiger partial charge on any atom is 0.305 e. The lowest BCUT2D eigenvalue weighted by atomic mass is 10.1. The highest BCUT2D eigenvalue weighted by Gasteiger charge is 2.21. The Kier molecular flexibility index (Phi) is 6.79. The summed E-state index contributed by atoms with van der Waals surface area (Å²) in [5.41, 5.74) is 2.61. The number of nitrogens with one attached hydrogen (secondary N) is 2. The predicted octanol–water partition coefficient (Wildman–Crippen LogP) is 2.20. The number of anilines is 2. The molecule has 3 amide bonds. The third kappa shape index (κ3) is 5.66. The molecule has 1 heterocycles. The first-order chi connectivity index (χ1) is 14.4. The average Bonchev–Trinajstić information content (AvgIpc) is 3.14. The molecule has 0 bridgehead atoms. The molecule has 3 N–H and O–H groups in total. The Morgan fingerprint density at radius 3 is 2.30 bits per heavy atom. The molecule has 0 spiro atoms. The second kappa shape index (κ2) is 9.69. The fraction of sp³-hybridized carbons (Fsp3) is 0.273. The monoisotopic (exact) mass is 409 g/mol. The normalized spacial score (nSPS) is 13.2. The van der Waals surface area contributed by atoms with Gasteiger partial charge in [0.25, 0.3) is 5.91 Å². The van der Waals surface area contributed by atoms with Crippen molar-refractivity contribution in [2.45, 2.75) is 25.7 Å². The third-order valence-electron chi connectivity index (χ3n) is 4.74. The van der Waals surface area contributed by atoms with Gasteiger partial charge >= 0.3 is 5.97 Å². The number of carboxylic acids is 1. The second-order valence-electron chi connectivity index (χ2n) is 7.02. The van der Waals surface area contributed by atoms with E-state index in [9.17, 15) is 19.2 Å². The van der Waals surface area contributed by atoms with Crippen molar-refractivity contribution >= 4 is 35.1 Å². The van der Waals surface area contributed by atoms with E-state index in [1.54, 1.807) is 29.2 Å². The molecular weight excluding hydrogens is 386 g/mol. The topological polar surface area (TPSA) is 116 Å². The van der Waals surface area contributed by atoms with Crippen LogP contribution in [0.2, 0.25) is 0 Å². The lowest BCUT2D eigenvalue weighted by Crippen LogP contribution is -2.26. The van der Waals surface area contributed by atoms with Gasteiger partial charge in [-0.3, -0.25) is 19.2 Å². The van der Waals surface area contributed by atoms with Crippen LogP contribution in [0.3, 0.4) is 0 Å². The van der Waals surface area contributed by atoms with E-state index in [0.29, 0.717) is 17.7 Å². The predicted molar refractivity (Wildman–Crippen MR) is 111 cm³/mol. The van der Waals surface area contributed by atoms with Crippen LogP contribution < -0.4 is 15.5 Å². The van der Waals surface area contributed by atoms with E-state index in [1.807, 2.05) is 24.3 Å². The van der Waals surface area contributed by atoms with Gasteiger partial charge in [0.15, 0.2) is 0 Å². The number of carbonyl (C=O) groups is 4. The Bertz CT molecular complexity index is 938. The van der Waals surface area contributed by atoms with Gasteiger partial charge in [-0.2, -0.15) is 0 Å². The zero-order valence-corrected chi connectivity index (χ0v) is 16.4. The highest BCUT2D eigenvalue weighted by Crippen LogP contribution is 2.22.